The van der Waals surface area contributed by atoms with Gasteiger partial charge in [0.05, 0.1) is 11.0 Å². The Bertz CT molecular complexity index is 596. The Balaban J connectivity index is 1.41. The maximum atomic E-state index is 4.73. The Morgan fingerprint density at radius 1 is 1.09 bits per heavy atom. The van der Waals surface area contributed by atoms with Crippen molar-refractivity contribution >= 4 is 17.0 Å². The number of imidazole rings is 1. The van der Waals surface area contributed by atoms with E-state index in [-0.39, 0.29) is 0 Å². The number of aromatic amines is 1. The van der Waals surface area contributed by atoms with E-state index < -0.39 is 0 Å². The number of piperidine rings is 1. The number of aromatic nitrogens is 2. The number of para-hydroxylation sites is 2. The van der Waals surface area contributed by atoms with Crippen LogP contribution in [0.25, 0.3) is 11.0 Å². The van der Waals surface area contributed by atoms with E-state index in [1.54, 1.807) is 0 Å². The van der Waals surface area contributed by atoms with Crippen molar-refractivity contribution in [3.05, 3.63) is 24.3 Å². The molecular weight excluding hydrogens is 274 g/mol. The number of hydrogen-bond acceptors (Lipinski definition) is 4. The molecule has 2 fully saturated rings. The predicted molar refractivity (Wildman–Crippen MR) is 90.4 cm³/mol. The Morgan fingerprint density at radius 3 is 2.68 bits per heavy atom. The molecule has 0 aliphatic carbocycles. The van der Waals surface area contributed by atoms with E-state index in [9.17, 15) is 0 Å². The standard InChI is InChI=1S/C17H25N5/c1-20-8-4-5-14(13-20)21-9-11-22(12-10-21)17-18-15-6-2-3-7-16(15)19-17/h2-3,6-7,14H,4-5,8-13H2,1H3,(H,18,19). The van der Waals surface area contributed by atoms with Gasteiger partial charge in [0, 0.05) is 38.8 Å². The minimum absolute atomic E-state index is 0.747. The summed E-state index contributed by atoms with van der Waals surface area (Å²) in [6.45, 7) is 6.92. The average molecular weight is 299 g/mol. The molecule has 5 heteroatoms. The molecular formula is C17H25N5. The van der Waals surface area contributed by atoms with Crippen LogP contribution in [0.2, 0.25) is 0 Å². The number of hydrogen-bond donors (Lipinski definition) is 1. The van der Waals surface area contributed by atoms with Crippen LogP contribution in [0.5, 0.6) is 0 Å². The average Bonchev–Trinajstić information content (AvgIpc) is 2.99. The van der Waals surface area contributed by atoms with Gasteiger partial charge in [-0.15, -0.1) is 0 Å². The molecule has 1 N–H and O–H groups in total. The number of rotatable bonds is 2. The van der Waals surface area contributed by atoms with Gasteiger partial charge in [0.1, 0.15) is 0 Å². The maximum absolute atomic E-state index is 4.73. The Kier molecular flexibility index (Phi) is 3.76. The number of likely N-dealkylation sites (tertiary alicyclic amines) is 1. The highest BCUT2D eigenvalue weighted by atomic mass is 15.3. The van der Waals surface area contributed by atoms with Crippen LogP contribution >= 0.6 is 0 Å². The van der Waals surface area contributed by atoms with Gasteiger partial charge in [0.15, 0.2) is 0 Å². The summed E-state index contributed by atoms with van der Waals surface area (Å²) in [7, 11) is 2.25. The molecule has 4 rings (SSSR count). The lowest BCUT2D eigenvalue weighted by atomic mass is 10.0. The molecule has 0 saturated carbocycles. The molecule has 0 radical (unpaired) electrons. The highest BCUT2D eigenvalue weighted by molar-refractivity contribution is 5.77. The van der Waals surface area contributed by atoms with Crippen molar-refractivity contribution in [2.45, 2.75) is 18.9 Å². The molecule has 1 aromatic heterocycles. The molecule has 2 aliphatic heterocycles. The van der Waals surface area contributed by atoms with Gasteiger partial charge in [0.2, 0.25) is 5.95 Å². The van der Waals surface area contributed by atoms with Gasteiger partial charge in [-0.3, -0.25) is 4.90 Å². The summed E-state index contributed by atoms with van der Waals surface area (Å²) >= 11 is 0. The van der Waals surface area contributed by atoms with E-state index >= 15 is 0 Å². The maximum Gasteiger partial charge on any atom is 0.203 e. The van der Waals surface area contributed by atoms with Gasteiger partial charge >= 0.3 is 0 Å². The first-order valence-electron chi connectivity index (χ1n) is 8.42. The lowest BCUT2D eigenvalue weighted by molar-refractivity contribution is 0.106. The molecule has 2 aromatic rings. The number of H-pyrrole nitrogens is 1. The molecule has 118 valence electrons. The van der Waals surface area contributed by atoms with E-state index in [1.165, 1.54) is 25.9 Å². The minimum Gasteiger partial charge on any atom is -0.340 e. The van der Waals surface area contributed by atoms with Crippen LogP contribution < -0.4 is 4.90 Å². The molecule has 22 heavy (non-hydrogen) atoms. The zero-order valence-electron chi connectivity index (χ0n) is 13.3. The van der Waals surface area contributed by atoms with Crippen molar-refractivity contribution in [3.8, 4) is 0 Å². The third-order valence-electron chi connectivity index (χ3n) is 5.11. The summed E-state index contributed by atoms with van der Waals surface area (Å²) in [6.07, 6.45) is 2.69. The predicted octanol–water partition coefficient (Wildman–Crippen LogP) is 1.78. The molecule has 1 unspecified atom stereocenters. The third kappa shape index (κ3) is 2.71. The second-order valence-electron chi connectivity index (χ2n) is 6.66. The van der Waals surface area contributed by atoms with Crippen LogP contribution in [0.4, 0.5) is 5.95 Å². The zero-order valence-corrected chi connectivity index (χ0v) is 13.3. The van der Waals surface area contributed by atoms with Crippen molar-refractivity contribution in [1.82, 2.24) is 19.8 Å². The number of likely N-dealkylation sites (N-methyl/N-ethyl adjacent to an activating group) is 1. The van der Waals surface area contributed by atoms with Crippen molar-refractivity contribution in [2.75, 3.05) is 51.2 Å². The summed E-state index contributed by atoms with van der Waals surface area (Å²) in [5.74, 6) is 1.03. The number of nitrogens with one attached hydrogen (secondary N) is 1. The highest BCUT2D eigenvalue weighted by Gasteiger charge is 2.27. The highest BCUT2D eigenvalue weighted by Crippen LogP contribution is 2.21. The number of anilines is 1. The fourth-order valence-electron chi connectivity index (χ4n) is 3.83. The molecule has 0 amide bonds. The monoisotopic (exact) mass is 299 g/mol. The molecule has 1 aromatic carbocycles. The number of fused-ring (bicyclic) bond motifs is 1. The summed E-state index contributed by atoms with van der Waals surface area (Å²) in [6, 6.07) is 9.02. The van der Waals surface area contributed by atoms with Crippen LogP contribution in [-0.4, -0.2) is 72.1 Å². The lowest BCUT2D eigenvalue weighted by Crippen LogP contribution is -2.54. The Labute approximate surface area is 131 Å². The molecule has 2 aliphatic rings. The van der Waals surface area contributed by atoms with E-state index in [2.05, 4.69) is 44.9 Å². The van der Waals surface area contributed by atoms with Crippen LogP contribution in [-0.2, 0) is 0 Å². The second-order valence-corrected chi connectivity index (χ2v) is 6.66. The SMILES string of the molecule is CN1CCCC(N2CCN(c3nc4ccccc4[nH]3)CC2)C1. The molecule has 0 bridgehead atoms. The fourth-order valence-corrected chi connectivity index (χ4v) is 3.83. The normalized spacial score (nSPS) is 25.0. The van der Waals surface area contributed by atoms with Gasteiger partial charge in [-0.25, -0.2) is 4.98 Å². The fraction of sp³-hybridized carbons (Fsp3) is 0.588. The van der Waals surface area contributed by atoms with Crippen molar-refractivity contribution < 1.29 is 0 Å². The zero-order chi connectivity index (χ0) is 14.9. The Morgan fingerprint density at radius 2 is 1.91 bits per heavy atom. The van der Waals surface area contributed by atoms with Crippen LogP contribution in [0.1, 0.15) is 12.8 Å². The summed E-state index contributed by atoms with van der Waals surface area (Å²) in [4.78, 5) is 15.7. The Hall–Kier alpha value is -1.59. The van der Waals surface area contributed by atoms with Gasteiger partial charge in [-0.1, -0.05) is 12.1 Å². The van der Waals surface area contributed by atoms with Gasteiger partial charge < -0.3 is 14.8 Å². The van der Waals surface area contributed by atoms with Crippen LogP contribution in [0.3, 0.4) is 0 Å². The number of benzene rings is 1. The third-order valence-corrected chi connectivity index (χ3v) is 5.11. The van der Waals surface area contributed by atoms with Crippen molar-refractivity contribution in [3.63, 3.8) is 0 Å². The summed E-state index contributed by atoms with van der Waals surface area (Å²) < 4.78 is 0. The second kappa shape index (κ2) is 5.89. The van der Waals surface area contributed by atoms with Crippen molar-refractivity contribution in [2.24, 2.45) is 0 Å². The van der Waals surface area contributed by atoms with Crippen LogP contribution in [0.15, 0.2) is 24.3 Å². The van der Waals surface area contributed by atoms with Gasteiger partial charge in [-0.05, 0) is 38.6 Å². The van der Waals surface area contributed by atoms with Gasteiger partial charge in [-0.2, -0.15) is 0 Å². The largest absolute Gasteiger partial charge is 0.340 e. The molecule has 0 spiro atoms. The molecule has 5 nitrogen and oxygen atoms in total. The smallest absolute Gasteiger partial charge is 0.203 e. The molecule has 2 saturated heterocycles. The van der Waals surface area contributed by atoms with Gasteiger partial charge in [0.25, 0.3) is 0 Å². The van der Waals surface area contributed by atoms with E-state index in [0.29, 0.717) is 0 Å². The van der Waals surface area contributed by atoms with Crippen molar-refractivity contribution in [1.29, 1.82) is 0 Å². The van der Waals surface area contributed by atoms with E-state index in [0.717, 1.165) is 49.2 Å². The quantitative estimate of drug-likeness (QED) is 0.917. The first kappa shape index (κ1) is 14.0. The van der Waals surface area contributed by atoms with E-state index in [1.807, 2.05) is 6.07 Å². The summed E-state index contributed by atoms with van der Waals surface area (Å²) in [5, 5.41) is 0. The van der Waals surface area contributed by atoms with E-state index in [4.69, 9.17) is 4.98 Å². The number of nitrogens with zero attached hydrogens (tertiary/aromatic N) is 4. The summed E-state index contributed by atoms with van der Waals surface area (Å²) in [5.41, 5.74) is 2.20. The molecule has 3 heterocycles. The molecule has 1 atom stereocenters. The minimum atomic E-state index is 0.747. The number of piperazine rings is 1. The first-order valence-corrected chi connectivity index (χ1v) is 8.42. The lowest BCUT2D eigenvalue weighted by Gasteiger charge is -2.42. The topological polar surface area (TPSA) is 38.4 Å². The first-order chi connectivity index (χ1) is 10.8. The van der Waals surface area contributed by atoms with Crippen LogP contribution in [0, 0.1) is 0 Å².